The summed E-state index contributed by atoms with van der Waals surface area (Å²) in [5, 5.41) is -0.987. The Hall–Kier alpha value is -2.26. The summed E-state index contributed by atoms with van der Waals surface area (Å²) in [6, 6.07) is 8.55. The van der Waals surface area contributed by atoms with Gasteiger partial charge in [0.2, 0.25) is 0 Å². The minimum absolute atomic E-state index is 0.0968. The van der Waals surface area contributed by atoms with Crippen LogP contribution in [0.25, 0.3) is 11.3 Å². The van der Waals surface area contributed by atoms with Crippen molar-refractivity contribution in [2.24, 2.45) is 0 Å². The molecule has 0 radical (unpaired) electrons. The Morgan fingerprint density at radius 1 is 1.14 bits per heavy atom. The fourth-order valence-electron chi connectivity index (χ4n) is 2.66. The fraction of sp³-hybridized carbons (Fsp3) is 0.263. The molecule has 1 aromatic carbocycles. The molecule has 1 N–H and O–H groups in total. The van der Waals surface area contributed by atoms with Crippen molar-refractivity contribution in [3.05, 3.63) is 64.3 Å². The van der Waals surface area contributed by atoms with E-state index in [0.717, 1.165) is 33.4 Å². The molecule has 4 nitrogen and oxygen atoms in total. The first-order valence-electron chi connectivity index (χ1n) is 8.34. The van der Waals surface area contributed by atoms with Crippen LogP contribution in [0.4, 0.5) is 13.2 Å². The topological polar surface area (TPSA) is 66.7 Å². The summed E-state index contributed by atoms with van der Waals surface area (Å²) < 4.78 is 60.6. The molecule has 0 spiro atoms. The molecule has 0 fully saturated rings. The van der Waals surface area contributed by atoms with Gasteiger partial charge in [0.1, 0.15) is 9.73 Å². The van der Waals surface area contributed by atoms with Crippen LogP contribution >= 0.6 is 11.3 Å². The Kier molecular flexibility index (Phi) is 5.33. The maximum Gasteiger partial charge on any atom is 0.417 e. The molecule has 9 heteroatoms. The Morgan fingerprint density at radius 3 is 2.39 bits per heavy atom. The van der Waals surface area contributed by atoms with Crippen molar-refractivity contribution in [3.63, 3.8) is 0 Å². The number of aromatic nitrogens is 2. The van der Waals surface area contributed by atoms with Gasteiger partial charge in [0.25, 0.3) is 0 Å². The second-order valence-corrected chi connectivity index (χ2v) is 10.3. The third-order valence-electron chi connectivity index (χ3n) is 4.42. The summed E-state index contributed by atoms with van der Waals surface area (Å²) >= 11 is 1.14. The summed E-state index contributed by atoms with van der Waals surface area (Å²) in [5.74, 6) is 0. The minimum atomic E-state index is -4.55. The number of halogens is 3. The first-order valence-corrected chi connectivity index (χ1v) is 10.8. The number of benzene rings is 1. The summed E-state index contributed by atoms with van der Waals surface area (Å²) in [7, 11) is -3.47. The van der Waals surface area contributed by atoms with Gasteiger partial charge in [-0.1, -0.05) is 29.8 Å². The van der Waals surface area contributed by atoms with Crippen LogP contribution in [0.2, 0.25) is 0 Å². The lowest BCUT2D eigenvalue weighted by Gasteiger charge is -2.15. The number of nitrogens with zero attached hydrogens (tertiary/aromatic N) is 2. The number of pyridine rings is 1. The fourth-order valence-corrected chi connectivity index (χ4v) is 5.66. The quantitative estimate of drug-likeness (QED) is 0.557. The smallest absolute Gasteiger partial charge is 0.264 e. The van der Waals surface area contributed by atoms with Crippen LogP contribution in [0, 0.1) is 18.6 Å². The minimum Gasteiger partial charge on any atom is -0.264 e. The molecule has 3 aromatic rings. The van der Waals surface area contributed by atoms with Crippen LogP contribution in [0.15, 0.2) is 47.1 Å². The summed E-state index contributed by atoms with van der Waals surface area (Å²) in [5.41, 5.74) is 1.73. The van der Waals surface area contributed by atoms with Gasteiger partial charge in [-0.2, -0.15) is 13.2 Å². The van der Waals surface area contributed by atoms with Gasteiger partial charge in [0.05, 0.1) is 16.5 Å². The van der Waals surface area contributed by atoms with Gasteiger partial charge in [-0.25, -0.2) is 14.0 Å². The first kappa shape index (κ1) is 20.5. The Bertz CT molecular complexity index is 1100. The Balaban J connectivity index is 1.99. The van der Waals surface area contributed by atoms with Crippen LogP contribution in [0.3, 0.4) is 0 Å². The Morgan fingerprint density at radius 2 is 1.79 bits per heavy atom. The van der Waals surface area contributed by atoms with E-state index in [4.69, 9.17) is 4.78 Å². The zero-order valence-corrected chi connectivity index (χ0v) is 17.0. The molecule has 0 saturated carbocycles. The molecule has 28 heavy (non-hydrogen) atoms. The molecular formula is C19H18F3N3OS2. The van der Waals surface area contributed by atoms with Crippen LogP contribution in [-0.4, -0.2) is 14.2 Å². The standard InChI is InChI=1S/C19H18F3N3OS2/c1-11-4-6-14(7-5-11)17-12(2)27-18(25-17)28(23,26)13(3)15-8-16(10-24-9-15)19(20,21)22/h4-10,13,23H,1-3H3. The Labute approximate surface area is 165 Å². The summed E-state index contributed by atoms with van der Waals surface area (Å²) in [4.78, 5) is 8.82. The van der Waals surface area contributed by atoms with Crippen molar-refractivity contribution in [2.75, 3.05) is 0 Å². The maximum absolute atomic E-state index is 13.2. The molecule has 0 saturated heterocycles. The number of alkyl halides is 3. The van der Waals surface area contributed by atoms with Crippen molar-refractivity contribution in [1.29, 1.82) is 4.78 Å². The molecule has 0 amide bonds. The molecule has 0 aliphatic heterocycles. The van der Waals surface area contributed by atoms with Crippen molar-refractivity contribution < 1.29 is 17.4 Å². The van der Waals surface area contributed by atoms with E-state index in [9.17, 15) is 17.4 Å². The van der Waals surface area contributed by atoms with Gasteiger partial charge in [-0.15, -0.1) is 11.3 Å². The second-order valence-electron chi connectivity index (χ2n) is 6.50. The SMILES string of the molecule is Cc1ccc(-c2nc(S(=N)(=O)C(C)c3cncc(C(F)(F)F)c3)sc2C)cc1. The highest BCUT2D eigenvalue weighted by atomic mass is 32.2. The number of hydrogen-bond donors (Lipinski definition) is 1. The van der Waals surface area contributed by atoms with Crippen molar-refractivity contribution in [2.45, 2.75) is 36.5 Å². The lowest BCUT2D eigenvalue weighted by atomic mass is 10.1. The van der Waals surface area contributed by atoms with E-state index in [0.29, 0.717) is 11.9 Å². The first-order chi connectivity index (χ1) is 13.0. The molecule has 0 aliphatic carbocycles. The summed E-state index contributed by atoms with van der Waals surface area (Å²) in [6.07, 6.45) is -2.62. The maximum atomic E-state index is 13.2. The van der Waals surface area contributed by atoms with Gasteiger partial charge >= 0.3 is 6.18 Å². The van der Waals surface area contributed by atoms with Crippen molar-refractivity contribution >= 4 is 21.1 Å². The van der Waals surface area contributed by atoms with Gasteiger partial charge in [0, 0.05) is 22.8 Å². The zero-order valence-electron chi connectivity index (χ0n) is 15.4. The van der Waals surface area contributed by atoms with Crippen molar-refractivity contribution in [3.8, 4) is 11.3 Å². The lowest BCUT2D eigenvalue weighted by Crippen LogP contribution is -2.12. The van der Waals surface area contributed by atoms with Crippen LogP contribution in [0.1, 0.15) is 33.7 Å². The monoisotopic (exact) mass is 425 g/mol. The molecule has 0 aliphatic rings. The number of thiazole rings is 1. The predicted molar refractivity (Wildman–Crippen MR) is 104 cm³/mol. The largest absolute Gasteiger partial charge is 0.417 e. The molecule has 2 aromatic heterocycles. The average molecular weight is 426 g/mol. The molecule has 2 heterocycles. The van der Waals surface area contributed by atoms with Gasteiger partial charge < -0.3 is 0 Å². The molecule has 0 bridgehead atoms. The van der Waals surface area contributed by atoms with Crippen LogP contribution in [-0.2, 0) is 15.9 Å². The van der Waals surface area contributed by atoms with E-state index >= 15 is 0 Å². The van der Waals surface area contributed by atoms with E-state index < -0.39 is 26.7 Å². The van der Waals surface area contributed by atoms with Crippen LogP contribution < -0.4 is 0 Å². The molecule has 2 unspecified atom stereocenters. The normalized spacial score (nSPS) is 15.2. The highest BCUT2D eigenvalue weighted by Crippen LogP contribution is 2.37. The number of nitrogens with one attached hydrogen (secondary N) is 1. The van der Waals surface area contributed by atoms with Gasteiger partial charge in [0.15, 0.2) is 4.34 Å². The van der Waals surface area contributed by atoms with E-state index in [-0.39, 0.29) is 9.90 Å². The third kappa shape index (κ3) is 3.95. The van der Waals surface area contributed by atoms with Crippen molar-refractivity contribution in [1.82, 2.24) is 9.97 Å². The number of hydrogen-bond acceptors (Lipinski definition) is 5. The molecule has 148 valence electrons. The molecule has 3 rings (SSSR count). The van der Waals surface area contributed by atoms with Crippen LogP contribution in [0.5, 0.6) is 0 Å². The lowest BCUT2D eigenvalue weighted by molar-refractivity contribution is -0.137. The average Bonchev–Trinajstić information content (AvgIpc) is 3.03. The summed E-state index contributed by atoms with van der Waals surface area (Å²) in [6.45, 7) is 5.25. The third-order valence-corrected chi connectivity index (χ3v) is 8.05. The van der Waals surface area contributed by atoms with Gasteiger partial charge in [-0.3, -0.25) is 4.98 Å². The van der Waals surface area contributed by atoms with Gasteiger partial charge in [-0.05, 0) is 32.4 Å². The van der Waals surface area contributed by atoms with E-state index in [2.05, 4.69) is 9.97 Å². The molecule has 2 atom stereocenters. The number of aryl methyl sites for hydroxylation is 2. The zero-order chi connectivity index (χ0) is 20.7. The van der Waals surface area contributed by atoms with E-state index in [1.54, 1.807) is 0 Å². The second kappa shape index (κ2) is 7.29. The number of rotatable bonds is 4. The molecular weight excluding hydrogens is 407 g/mol. The van der Waals surface area contributed by atoms with E-state index in [1.807, 2.05) is 38.1 Å². The predicted octanol–water partition coefficient (Wildman–Crippen LogP) is 6.01. The highest BCUT2D eigenvalue weighted by molar-refractivity contribution is 7.94. The van der Waals surface area contributed by atoms with E-state index in [1.165, 1.54) is 13.1 Å². The highest BCUT2D eigenvalue weighted by Gasteiger charge is 2.33.